The quantitative estimate of drug-likeness (QED) is 0.663. The number of halogens is 3. The molecule has 3 rings (SSSR count). The van der Waals surface area contributed by atoms with Crippen LogP contribution >= 0.6 is 0 Å². The van der Waals surface area contributed by atoms with Crippen LogP contribution in [0, 0.1) is 17.5 Å². The molecule has 0 aliphatic carbocycles. The number of ether oxygens (including phenoxy) is 1. The van der Waals surface area contributed by atoms with E-state index in [1.807, 2.05) is 0 Å². The van der Waals surface area contributed by atoms with Gasteiger partial charge in [-0.2, -0.15) is 0 Å². The molecule has 2 N–H and O–H groups in total. The second-order valence-corrected chi connectivity index (χ2v) is 5.27. The van der Waals surface area contributed by atoms with Crippen LogP contribution in [0.4, 0.5) is 30.5 Å². The number of carbonyl (C=O) groups excluding carboxylic acids is 1. The first-order valence-corrected chi connectivity index (χ1v) is 7.67. The van der Waals surface area contributed by atoms with E-state index in [4.69, 9.17) is 4.74 Å². The Morgan fingerprint density at radius 1 is 1.00 bits per heavy atom. The number of nitrogens with one attached hydrogen (secondary N) is 2. The van der Waals surface area contributed by atoms with Crippen LogP contribution in [0.1, 0.15) is 10.5 Å². The number of para-hydroxylation sites is 2. The van der Waals surface area contributed by atoms with Gasteiger partial charge in [0.25, 0.3) is 5.91 Å². The fourth-order valence-corrected chi connectivity index (χ4v) is 2.22. The van der Waals surface area contributed by atoms with Crippen LogP contribution in [0.25, 0.3) is 0 Å². The SMILES string of the molecule is COc1ccccc1NC(=O)c1ccnc(Nc2ccc(F)c(F)c2F)n1. The summed E-state index contributed by atoms with van der Waals surface area (Å²) in [6.07, 6.45) is 1.27. The number of methoxy groups -OCH3 is 1. The minimum absolute atomic E-state index is 0.0265. The predicted molar refractivity (Wildman–Crippen MR) is 92.6 cm³/mol. The average Bonchev–Trinajstić information content (AvgIpc) is 2.69. The maximum Gasteiger partial charge on any atom is 0.274 e. The van der Waals surface area contributed by atoms with Gasteiger partial charge in [0.1, 0.15) is 11.4 Å². The van der Waals surface area contributed by atoms with Gasteiger partial charge in [0, 0.05) is 6.20 Å². The monoisotopic (exact) mass is 374 g/mol. The molecule has 138 valence electrons. The molecule has 2 aromatic carbocycles. The largest absolute Gasteiger partial charge is 0.495 e. The lowest BCUT2D eigenvalue weighted by molar-refractivity contribution is 0.102. The Morgan fingerprint density at radius 2 is 1.78 bits per heavy atom. The maximum atomic E-state index is 13.8. The Kier molecular flexibility index (Phi) is 5.20. The van der Waals surface area contributed by atoms with Crippen LogP contribution in [0.3, 0.4) is 0 Å². The van der Waals surface area contributed by atoms with Crippen molar-refractivity contribution in [3.8, 4) is 5.75 Å². The minimum Gasteiger partial charge on any atom is -0.495 e. The predicted octanol–water partition coefficient (Wildman–Crippen LogP) is 3.90. The summed E-state index contributed by atoms with van der Waals surface area (Å²) in [5.41, 5.74) is 0.0438. The number of aromatic nitrogens is 2. The topological polar surface area (TPSA) is 76.1 Å². The number of amides is 1. The molecule has 0 saturated carbocycles. The van der Waals surface area contributed by atoms with E-state index in [-0.39, 0.29) is 17.3 Å². The molecule has 3 aromatic rings. The minimum atomic E-state index is -1.62. The summed E-state index contributed by atoms with van der Waals surface area (Å²) in [4.78, 5) is 20.2. The molecule has 1 heterocycles. The van der Waals surface area contributed by atoms with E-state index in [1.54, 1.807) is 24.3 Å². The zero-order valence-electron chi connectivity index (χ0n) is 14.0. The van der Waals surface area contributed by atoms with Gasteiger partial charge in [-0.1, -0.05) is 12.1 Å². The van der Waals surface area contributed by atoms with Crippen molar-refractivity contribution in [3.05, 3.63) is 71.8 Å². The Labute approximate surface area is 152 Å². The average molecular weight is 374 g/mol. The van der Waals surface area contributed by atoms with Crippen LogP contribution in [-0.4, -0.2) is 23.0 Å². The Bertz CT molecular complexity index is 998. The number of anilines is 3. The zero-order chi connectivity index (χ0) is 19.4. The smallest absolute Gasteiger partial charge is 0.274 e. The summed E-state index contributed by atoms with van der Waals surface area (Å²) in [7, 11) is 1.47. The zero-order valence-corrected chi connectivity index (χ0v) is 14.0. The summed E-state index contributed by atoms with van der Waals surface area (Å²) >= 11 is 0. The second kappa shape index (κ2) is 7.73. The van der Waals surface area contributed by atoms with E-state index in [9.17, 15) is 18.0 Å². The van der Waals surface area contributed by atoms with Crippen molar-refractivity contribution in [2.75, 3.05) is 17.7 Å². The van der Waals surface area contributed by atoms with Gasteiger partial charge >= 0.3 is 0 Å². The maximum absolute atomic E-state index is 13.8. The van der Waals surface area contributed by atoms with Crippen LogP contribution in [0.2, 0.25) is 0 Å². The fourth-order valence-electron chi connectivity index (χ4n) is 2.22. The lowest BCUT2D eigenvalue weighted by Gasteiger charge is -2.10. The number of benzene rings is 2. The molecule has 0 spiro atoms. The molecular weight excluding hydrogens is 361 g/mol. The molecule has 0 aliphatic heterocycles. The highest BCUT2D eigenvalue weighted by atomic mass is 19.2. The highest BCUT2D eigenvalue weighted by Crippen LogP contribution is 2.24. The van der Waals surface area contributed by atoms with Gasteiger partial charge in [-0.05, 0) is 30.3 Å². The van der Waals surface area contributed by atoms with E-state index in [0.29, 0.717) is 11.4 Å². The Hall–Kier alpha value is -3.62. The Balaban J connectivity index is 1.81. The fraction of sp³-hybridized carbons (Fsp3) is 0.0556. The Morgan fingerprint density at radius 3 is 2.56 bits per heavy atom. The molecule has 0 unspecified atom stereocenters. The van der Waals surface area contributed by atoms with Crippen LogP contribution in [0.15, 0.2) is 48.7 Å². The van der Waals surface area contributed by atoms with E-state index >= 15 is 0 Å². The van der Waals surface area contributed by atoms with Crippen molar-refractivity contribution >= 4 is 23.2 Å². The van der Waals surface area contributed by atoms with Crippen molar-refractivity contribution < 1.29 is 22.7 Å². The molecule has 0 radical (unpaired) electrons. The van der Waals surface area contributed by atoms with Crippen LogP contribution in [-0.2, 0) is 0 Å². The highest BCUT2D eigenvalue weighted by molar-refractivity contribution is 6.03. The van der Waals surface area contributed by atoms with Crippen LogP contribution in [0.5, 0.6) is 5.75 Å². The number of hydrogen-bond acceptors (Lipinski definition) is 5. The summed E-state index contributed by atoms with van der Waals surface area (Å²) in [5, 5.41) is 5.04. The van der Waals surface area contributed by atoms with Gasteiger partial charge in [-0.15, -0.1) is 0 Å². The molecule has 0 saturated heterocycles. The third kappa shape index (κ3) is 3.97. The summed E-state index contributed by atoms with van der Waals surface area (Å²) < 4.78 is 45.2. The molecule has 0 bridgehead atoms. The molecule has 1 aromatic heterocycles. The number of hydrogen-bond donors (Lipinski definition) is 2. The highest BCUT2D eigenvalue weighted by Gasteiger charge is 2.16. The lowest BCUT2D eigenvalue weighted by Crippen LogP contribution is -2.15. The van der Waals surface area contributed by atoms with Crippen molar-refractivity contribution in [1.29, 1.82) is 0 Å². The first kappa shape index (κ1) is 18.2. The van der Waals surface area contributed by atoms with Gasteiger partial charge in [0.2, 0.25) is 5.95 Å². The molecular formula is C18H13F3N4O2. The molecule has 1 amide bonds. The van der Waals surface area contributed by atoms with E-state index in [0.717, 1.165) is 12.1 Å². The van der Waals surface area contributed by atoms with Crippen molar-refractivity contribution in [2.45, 2.75) is 0 Å². The third-order valence-corrected chi connectivity index (χ3v) is 3.53. The summed E-state index contributed by atoms with van der Waals surface area (Å²) in [6.45, 7) is 0. The standard InChI is InChI=1S/C18H13F3N4O2/c1-27-14-5-3-2-4-11(14)23-17(26)13-8-9-22-18(25-13)24-12-7-6-10(19)15(20)16(12)21/h2-9H,1H3,(H,23,26)(H,22,24,25). The van der Waals surface area contributed by atoms with Crippen molar-refractivity contribution in [1.82, 2.24) is 9.97 Å². The summed E-state index contributed by atoms with van der Waals surface area (Å²) in [6, 6.07) is 9.89. The van der Waals surface area contributed by atoms with Gasteiger partial charge in [-0.3, -0.25) is 4.79 Å². The molecule has 0 aliphatic rings. The summed E-state index contributed by atoms with van der Waals surface area (Å²) in [5.74, 6) is -4.61. The van der Waals surface area contributed by atoms with Crippen molar-refractivity contribution in [3.63, 3.8) is 0 Å². The third-order valence-electron chi connectivity index (χ3n) is 3.53. The van der Waals surface area contributed by atoms with Crippen LogP contribution < -0.4 is 15.4 Å². The van der Waals surface area contributed by atoms with Gasteiger partial charge in [-0.25, -0.2) is 23.1 Å². The molecule has 6 nitrogen and oxygen atoms in total. The van der Waals surface area contributed by atoms with Gasteiger partial charge in [0.05, 0.1) is 18.5 Å². The first-order valence-electron chi connectivity index (χ1n) is 7.67. The van der Waals surface area contributed by atoms with Gasteiger partial charge < -0.3 is 15.4 Å². The first-order chi connectivity index (χ1) is 13.0. The number of carbonyl (C=O) groups is 1. The van der Waals surface area contributed by atoms with E-state index in [2.05, 4.69) is 20.6 Å². The normalized spacial score (nSPS) is 10.4. The lowest BCUT2D eigenvalue weighted by atomic mass is 10.2. The van der Waals surface area contributed by atoms with E-state index in [1.165, 1.54) is 19.4 Å². The van der Waals surface area contributed by atoms with E-state index < -0.39 is 23.4 Å². The molecule has 27 heavy (non-hydrogen) atoms. The molecule has 0 fully saturated rings. The second-order valence-electron chi connectivity index (χ2n) is 5.27. The van der Waals surface area contributed by atoms with Crippen molar-refractivity contribution in [2.24, 2.45) is 0 Å². The number of nitrogens with zero attached hydrogens (tertiary/aromatic N) is 2. The molecule has 9 heteroatoms. The number of rotatable bonds is 5. The van der Waals surface area contributed by atoms with Gasteiger partial charge in [0.15, 0.2) is 17.5 Å². The molecule has 0 atom stereocenters.